The van der Waals surface area contributed by atoms with Crippen LogP contribution < -0.4 is 10.0 Å². The second kappa shape index (κ2) is 17.1. The molecule has 65 heavy (non-hydrogen) atoms. The molecule has 0 aliphatic heterocycles. The van der Waals surface area contributed by atoms with Crippen LogP contribution >= 0.6 is 11.6 Å². The van der Waals surface area contributed by atoms with Gasteiger partial charge in [0.05, 0.1) is 33.9 Å². The van der Waals surface area contributed by atoms with Gasteiger partial charge in [0.15, 0.2) is 21.3 Å². The van der Waals surface area contributed by atoms with Crippen LogP contribution in [0.5, 0.6) is 0 Å². The minimum atomic E-state index is -5.21. The maximum absolute atomic E-state index is 15.7. The lowest BCUT2D eigenvalue weighted by Crippen LogP contribution is -2.35. The van der Waals surface area contributed by atoms with E-state index in [2.05, 4.69) is 32.3 Å². The lowest BCUT2D eigenvalue weighted by molar-refractivity contribution is -0.143. The number of fused-ring (bicyclic) bond motifs is 2. The first-order chi connectivity index (χ1) is 29.8. The second-order valence-electron chi connectivity index (χ2n) is 15.8. The standard InChI is InChI=1S/C40H36ClF10N7O5S2/c1-6-21-16-27-34(40(49,50)51)54-57(35(27)39(21,47)48)18-30(59)53-29(15-20-13-22(42)17-23(43)14-20)32-25(8-7-24(52-32)11-12-37(2,3)64(4,60)61)26-9-10-28(41)31-33(26)58(19-38(44,45)46)55-36(31)56-65(5,62)63/h7-10,13-14,17,21,29H,6,15-16,18-19H2,1-5H3,(H,53,59)(H,55,56)/t21-,29+/m1/s1. The highest BCUT2D eigenvalue weighted by Crippen LogP contribution is 2.51. The number of alkyl halides is 8. The molecule has 0 radical (unpaired) electrons. The number of benzene rings is 2. The van der Waals surface area contributed by atoms with Gasteiger partial charge in [0.25, 0.3) is 5.92 Å². The molecule has 0 bridgehead atoms. The highest BCUT2D eigenvalue weighted by atomic mass is 35.5. The number of halogens is 11. The number of amides is 1. The molecule has 6 rings (SSSR count). The number of carbonyl (C=O) groups excluding carboxylic acids is 1. The van der Waals surface area contributed by atoms with Gasteiger partial charge >= 0.3 is 12.4 Å². The van der Waals surface area contributed by atoms with Gasteiger partial charge in [0, 0.05) is 34.9 Å². The number of hydrogen-bond donors (Lipinski definition) is 2. The quantitative estimate of drug-likeness (QED) is 0.0938. The molecule has 1 aliphatic rings. The molecule has 2 N–H and O–H groups in total. The summed E-state index contributed by atoms with van der Waals surface area (Å²) in [4.78, 5) is 18.6. The monoisotopic (exact) mass is 983 g/mol. The zero-order valence-corrected chi connectivity index (χ0v) is 36.9. The summed E-state index contributed by atoms with van der Waals surface area (Å²) in [6.45, 7) is 0.780. The summed E-state index contributed by atoms with van der Waals surface area (Å²) >= 11 is 6.46. The molecule has 0 fully saturated rings. The van der Waals surface area contributed by atoms with Crippen molar-refractivity contribution < 1.29 is 65.5 Å². The zero-order valence-electron chi connectivity index (χ0n) is 34.5. The molecule has 12 nitrogen and oxygen atoms in total. The summed E-state index contributed by atoms with van der Waals surface area (Å²) < 4.78 is 196. The average molecular weight is 984 g/mol. The number of sulfone groups is 1. The van der Waals surface area contributed by atoms with Crippen LogP contribution in [-0.4, -0.2) is 70.7 Å². The molecule has 1 amide bonds. The number of nitrogens with one attached hydrogen (secondary N) is 2. The number of pyridine rings is 1. The van der Waals surface area contributed by atoms with Crippen LogP contribution in [-0.2, 0) is 62.7 Å². The van der Waals surface area contributed by atoms with Gasteiger partial charge < -0.3 is 5.32 Å². The molecule has 0 saturated carbocycles. The first-order valence-corrected chi connectivity index (χ1v) is 23.2. The van der Waals surface area contributed by atoms with Gasteiger partial charge in [-0.05, 0) is 74.9 Å². The predicted octanol–water partition coefficient (Wildman–Crippen LogP) is 8.13. The molecule has 5 aromatic rings. The maximum atomic E-state index is 15.7. The molecular formula is C40H36ClF10N7O5S2. The van der Waals surface area contributed by atoms with E-state index in [4.69, 9.17) is 11.6 Å². The average Bonchev–Trinajstić information content (AvgIpc) is 3.77. The van der Waals surface area contributed by atoms with Crippen molar-refractivity contribution >= 4 is 54.1 Å². The fraction of sp³-hybridized carbons (Fsp3) is 0.400. The molecule has 350 valence electrons. The Labute approximate surface area is 369 Å². The topological polar surface area (TPSA) is 158 Å². The van der Waals surface area contributed by atoms with E-state index < -0.39 is 127 Å². The zero-order chi connectivity index (χ0) is 48.4. The smallest absolute Gasteiger partial charge is 0.346 e. The normalized spacial score (nSPS) is 16.0. The molecule has 0 unspecified atom stereocenters. The van der Waals surface area contributed by atoms with E-state index in [1.54, 1.807) is 0 Å². The van der Waals surface area contributed by atoms with E-state index in [-0.39, 0.29) is 49.6 Å². The summed E-state index contributed by atoms with van der Waals surface area (Å²) in [6.07, 6.45) is -10.2. The van der Waals surface area contributed by atoms with Crippen LogP contribution in [0.4, 0.5) is 49.7 Å². The van der Waals surface area contributed by atoms with Crippen molar-refractivity contribution in [2.24, 2.45) is 5.92 Å². The summed E-state index contributed by atoms with van der Waals surface area (Å²) in [5.41, 5.74) is -5.31. The SMILES string of the molecule is CC[C@@H]1Cc2c(C(F)(F)F)nn(CC(=O)N[C@@H](Cc3cc(F)cc(F)c3)c3nc(C#CC(C)(C)S(C)(=O)=O)ccc3-c3ccc(Cl)c4c(NS(C)(=O)=O)nn(CC(F)(F)F)c34)c2C1(F)F. The Hall–Kier alpha value is -5.41. The molecule has 2 atom stereocenters. The Balaban J connectivity index is 1.61. The molecule has 0 spiro atoms. The van der Waals surface area contributed by atoms with Gasteiger partial charge in [-0.15, -0.1) is 0 Å². The van der Waals surface area contributed by atoms with Gasteiger partial charge in [-0.2, -0.15) is 45.3 Å². The highest BCUT2D eigenvalue weighted by Gasteiger charge is 2.55. The first kappa shape index (κ1) is 49.0. The Morgan fingerprint density at radius 2 is 1.58 bits per heavy atom. The summed E-state index contributed by atoms with van der Waals surface area (Å²) in [5, 5.41) is 9.00. The summed E-state index contributed by atoms with van der Waals surface area (Å²) in [5.74, 6) is -4.46. The number of carbonyl (C=O) groups is 1. The van der Waals surface area contributed by atoms with Crippen LogP contribution in [0.15, 0.2) is 42.5 Å². The van der Waals surface area contributed by atoms with Crippen LogP contribution in [0, 0.1) is 29.4 Å². The number of anilines is 1. The van der Waals surface area contributed by atoms with Crippen molar-refractivity contribution in [3.63, 3.8) is 0 Å². The fourth-order valence-electron chi connectivity index (χ4n) is 7.31. The molecule has 25 heteroatoms. The summed E-state index contributed by atoms with van der Waals surface area (Å²) in [7, 11) is -8.07. The Morgan fingerprint density at radius 3 is 2.15 bits per heavy atom. The van der Waals surface area contributed by atoms with Crippen molar-refractivity contribution in [3.8, 4) is 23.0 Å². The van der Waals surface area contributed by atoms with E-state index >= 15 is 8.78 Å². The molecule has 2 aromatic carbocycles. The van der Waals surface area contributed by atoms with Gasteiger partial charge in [-0.25, -0.2) is 30.6 Å². The number of sulfonamides is 1. The fourth-order valence-corrected chi connectivity index (χ4v) is 8.28. The Kier molecular flexibility index (Phi) is 12.9. The Bertz CT molecular complexity index is 2990. The van der Waals surface area contributed by atoms with Crippen molar-refractivity contribution in [2.75, 3.05) is 17.2 Å². The van der Waals surface area contributed by atoms with Crippen LogP contribution in [0.3, 0.4) is 0 Å². The Morgan fingerprint density at radius 1 is 0.954 bits per heavy atom. The minimum absolute atomic E-state index is 0.199. The highest BCUT2D eigenvalue weighted by molar-refractivity contribution is 7.92. The van der Waals surface area contributed by atoms with Gasteiger partial charge in [-0.3, -0.25) is 18.9 Å². The number of aromatic nitrogens is 5. The third-order valence-corrected chi connectivity index (χ3v) is 13.3. The first-order valence-electron chi connectivity index (χ1n) is 19.1. The summed E-state index contributed by atoms with van der Waals surface area (Å²) in [6, 6.07) is 5.22. The second-order valence-corrected chi connectivity index (χ2v) is 20.6. The van der Waals surface area contributed by atoms with E-state index in [1.807, 2.05) is 4.72 Å². The van der Waals surface area contributed by atoms with Crippen LogP contribution in [0.25, 0.3) is 22.0 Å². The number of nitrogens with zero attached hydrogens (tertiary/aromatic N) is 5. The van der Waals surface area contributed by atoms with Crippen molar-refractivity contribution in [1.29, 1.82) is 0 Å². The van der Waals surface area contributed by atoms with E-state index in [0.29, 0.717) is 17.0 Å². The van der Waals surface area contributed by atoms with Gasteiger partial charge in [0.2, 0.25) is 15.9 Å². The maximum Gasteiger partial charge on any atom is 0.435 e. The van der Waals surface area contributed by atoms with Crippen molar-refractivity contribution in [1.82, 2.24) is 29.9 Å². The molecule has 3 heterocycles. The molecule has 1 aliphatic carbocycles. The minimum Gasteiger partial charge on any atom is -0.346 e. The molecular weight excluding hydrogens is 948 g/mol. The lowest BCUT2D eigenvalue weighted by Gasteiger charge is -2.24. The number of rotatable bonds is 12. The van der Waals surface area contributed by atoms with Crippen molar-refractivity contribution in [3.05, 3.63) is 93.0 Å². The predicted molar refractivity (Wildman–Crippen MR) is 218 cm³/mol. The van der Waals surface area contributed by atoms with Crippen LogP contribution in [0.1, 0.15) is 67.1 Å². The third-order valence-electron chi connectivity index (χ3n) is 10.5. The van der Waals surface area contributed by atoms with Crippen LogP contribution in [0.2, 0.25) is 5.02 Å². The molecule has 0 saturated heterocycles. The largest absolute Gasteiger partial charge is 0.435 e. The van der Waals surface area contributed by atoms with E-state index in [9.17, 15) is 56.8 Å². The van der Waals surface area contributed by atoms with E-state index in [1.165, 1.54) is 39.0 Å². The third kappa shape index (κ3) is 10.5. The number of hydrogen-bond acceptors (Lipinski definition) is 8. The van der Waals surface area contributed by atoms with Gasteiger partial charge in [-0.1, -0.05) is 30.5 Å². The van der Waals surface area contributed by atoms with Crippen molar-refractivity contribution in [2.45, 2.75) is 82.2 Å². The van der Waals surface area contributed by atoms with E-state index in [0.717, 1.165) is 24.5 Å². The molecule has 3 aromatic heterocycles. The lowest BCUT2D eigenvalue weighted by atomic mass is 9.93. The van der Waals surface area contributed by atoms with Gasteiger partial charge in [0.1, 0.15) is 40.9 Å².